The van der Waals surface area contributed by atoms with Crippen LogP contribution < -0.4 is 5.32 Å². The summed E-state index contributed by atoms with van der Waals surface area (Å²) < 4.78 is 69.6. The lowest BCUT2D eigenvalue weighted by Gasteiger charge is -2.46. The van der Waals surface area contributed by atoms with Gasteiger partial charge >= 0.3 is 0 Å². The molecular formula is C21H24F3N3O2S. The fourth-order valence-electron chi connectivity index (χ4n) is 3.77. The molecule has 1 fully saturated rings. The molecule has 162 valence electrons. The summed E-state index contributed by atoms with van der Waals surface area (Å²) in [5, 5.41) is 9.34. The number of nitrogens with zero attached hydrogens (tertiary/aromatic N) is 1. The Morgan fingerprint density at radius 3 is 2.10 bits per heavy atom. The molecular weight excluding hydrogens is 415 g/mol. The normalized spacial score (nSPS) is 23.9. The van der Waals surface area contributed by atoms with Crippen LogP contribution in [0.5, 0.6) is 0 Å². The van der Waals surface area contributed by atoms with Crippen molar-refractivity contribution in [3.63, 3.8) is 0 Å². The largest absolute Gasteiger partial charge is 0.345 e. The Kier molecular flexibility index (Phi) is 5.17. The molecule has 0 amide bonds. The van der Waals surface area contributed by atoms with E-state index in [1.54, 1.807) is 24.3 Å². The first-order valence-corrected chi connectivity index (χ1v) is 10.8. The van der Waals surface area contributed by atoms with Gasteiger partial charge in [0.15, 0.2) is 11.6 Å². The van der Waals surface area contributed by atoms with E-state index in [4.69, 9.17) is 5.41 Å². The van der Waals surface area contributed by atoms with Crippen LogP contribution in [0.25, 0.3) is 0 Å². The van der Waals surface area contributed by atoms with Gasteiger partial charge in [-0.1, -0.05) is 45.0 Å². The van der Waals surface area contributed by atoms with E-state index in [1.807, 2.05) is 20.8 Å². The molecule has 0 bridgehead atoms. The van der Waals surface area contributed by atoms with E-state index in [-0.39, 0.29) is 11.0 Å². The molecule has 0 aliphatic carbocycles. The van der Waals surface area contributed by atoms with Crippen LogP contribution in [-0.2, 0) is 21.0 Å². The smallest absolute Gasteiger partial charge is 0.246 e. The van der Waals surface area contributed by atoms with E-state index in [2.05, 4.69) is 5.32 Å². The number of benzene rings is 2. The van der Waals surface area contributed by atoms with Crippen LogP contribution in [0.15, 0.2) is 36.4 Å². The Balaban J connectivity index is 2.27. The van der Waals surface area contributed by atoms with E-state index in [1.165, 1.54) is 14.0 Å². The topological polar surface area (TPSA) is 73.3 Å². The van der Waals surface area contributed by atoms with E-state index in [0.717, 1.165) is 9.87 Å². The third kappa shape index (κ3) is 3.45. The highest BCUT2D eigenvalue weighted by atomic mass is 32.2. The second-order valence-corrected chi connectivity index (χ2v) is 10.7. The average molecular weight is 440 g/mol. The van der Waals surface area contributed by atoms with Gasteiger partial charge in [-0.2, -0.15) is 0 Å². The second-order valence-electron chi connectivity index (χ2n) is 8.69. The number of rotatable bonds is 2. The molecule has 0 aromatic heterocycles. The highest BCUT2D eigenvalue weighted by Gasteiger charge is 2.53. The zero-order valence-electron chi connectivity index (χ0n) is 17.3. The van der Waals surface area contributed by atoms with Crippen LogP contribution in [-0.4, -0.2) is 25.7 Å². The van der Waals surface area contributed by atoms with Gasteiger partial charge in [0.05, 0.1) is 5.54 Å². The van der Waals surface area contributed by atoms with Crippen LogP contribution in [0, 0.1) is 22.9 Å². The standard InChI is InChI=1S/C21H24F3N3O2S/c1-20(2,3)13-8-6-12(7-9-13)18-21(4,26-19(25)27(5)30(18,28)29)14-10-16(23)17(24)11-15(14)22/h6-11,18H,1-5H3,(H2,25,26)/t18-,21-/m1/s1. The summed E-state index contributed by atoms with van der Waals surface area (Å²) in [7, 11) is -2.97. The highest BCUT2D eigenvalue weighted by Crippen LogP contribution is 2.46. The van der Waals surface area contributed by atoms with E-state index >= 15 is 0 Å². The summed E-state index contributed by atoms with van der Waals surface area (Å²) in [4.78, 5) is 0. The van der Waals surface area contributed by atoms with Gasteiger partial charge in [-0.25, -0.2) is 25.9 Å². The maximum atomic E-state index is 14.7. The van der Waals surface area contributed by atoms with Crippen LogP contribution in [0.4, 0.5) is 13.2 Å². The molecule has 9 heteroatoms. The Hall–Kier alpha value is -2.55. The monoisotopic (exact) mass is 439 g/mol. The van der Waals surface area contributed by atoms with Gasteiger partial charge in [-0.15, -0.1) is 0 Å². The van der Waals surface area contributed by atoms with Gasteiger partial charge in [0, 0.05) is 18.7 Å². The summed E-state index contributed by atoms with van der Waals surface area (Å²) in [6, 6.07) is 7.85. The molecule has 0 unspecified atom stereocenters. The van der Waals surface area contributed by atoms with Crippen molar-refractivity contribution in [2.75, 3.05) is 7.05 Å². The van der Waals surface area contributed by atoms with Gasteiger partial charge < -0.3 is 5.32 Å². The van der Waals surface area contributed by atoms with E-state index in [9.17, 15) is 21.6 Å². The molecule has 30 heavy (non-hydrogen) atoms. The lowest BCUT2D eigenvalue weighted by molar-refractivity contribution is 0.341. The van der Waals surface area contributed by atoms with Crippen molar-refractivity contribution in [2.45, 2.75) is 43.9 Å². The molecule has 0 radical (unpaired) electrons. The molecule has 2 aromatic carbocycles. The predicted molar refractivity (Wildman–Crippen MR) is 109 cm³/mol. The first-order chi connectivity index (χ1) is 13.7. The number of hydrogen-bond donors (Lipinski definition) is 2. The molecule has 2 aromatic rings. The fraction of sp³-hybridized carbons (Fsp3) is 0.381. The number of nitrogens with one attached hydrogen (secondary N) is 2. The van der Waals surface area contributed by atoms with Gasteiger partial charge in [0.2, 0.25) is 16.0 Å². The Morgan fingerprint density at radius 2 is 1.57 bits per heavy atom. The zero-order valence-corrected chi connectivity index (χ0v) is 18.2. The molecule has 1 aliphatic heterocycles. The maximum absolute atomic E-state index is 14.7. The summed E-state index contributed by atoms with van der Waals surface area (Å²) in [5.74, 6) is -4.28. The molecule has 1 saturated heterocycles. The number of hydrogen-bond acceptors (Lipinski definition) is 3. The number of guanidine groups is 1. The summed E-state index contributed by atoms with van der Waals surface area (Å²) in [6.45, 7) is 7.40. The van der Waals surface area contributed by atoms with Crippen molar-refractivity contribution in [2.24, 2.45) is 0 Å². The van der Waals surface area contributed by atoms with Crippen molar-refractivity contribution in [3.05, 3.63) is 70.5 Å². The van der Waals surface area contributed by atoms with Crippen molar-refractivity contribution >= 4 is 16.0 Å². The summed E-state index contributed by atoms with van der Waals surface area (Å²) in [6.07, 6.45) is 0. The Labute approximate surface area is 174 Å². The summed E-state index contributed by atoms with van der Waals surface area (Å²) in [5.41, 5.74) is -1.01. The molecule has 0 spiro atoms. The lowest BCUT2D eigenvalue weighted by atomic mass is 9.82. The minimum Gasteiger partial charge on any atom is -0.345 e. The molecule has 0 saturated carbocycles. The van der Waals surface area contributed by atoms with Gasteiger partial charge in [-0.05, 0) is 29.5 Å². The van der Waals surface area contributed by atoms with Crippen molar-refractivity contribution < 1.29 is 21.6 Å². The first-order valence-electron chi connectivity index (χ1n) is 9.29. The van der Waals surface area contributed by atoms with Gasteiger partial charge in [0.25, 0.3) is 0 Å². The van der Waals surface area contributed by atoms with Crippen LogP contribution in [0.2, 0.25) is 0 Å². The average Bonchev–Trinajstić information content (AvgIpc) is 2.62. The van der Waals surface area contributed by atoms with Crippen LogP contribution in [0.3, 0.4) is 0 Å². The third-order valence-corrected chi connectivity index (χ3v) is 7.83. The van der Waals surface area contributed by atoms with Crippen molar-refractivity contribution in [1.29, 1.82) is 5.41 Å². The first kappa shape index (κ1) is 22.1. The minimum absolute atomic E-state index is 0.170. The van der Waals surface area contributed by atoms with Crippen LogP contribution >= 0.6 is 0 Å². The van der Waals surface area contributed by atoms with Gasteiger partial charge in [0.1, 0.15) is 11.1 Å². The zero-order chi connectivity index (χ0) is 22.6. The minimum atomic E-state index is -4.18. The molecule has 3 rings (SSSR count). The molecule has 2 N–H and O–H groups in total. The molecule has 1 aliphatic rings. The lowest BCUT2D eigenvalue weighted by Crippen LogP contribution is -2.62. The van der Waals surface area contributed by atoms with Crippen molar-refractivity contribution in [1.82, 2.24) is 9.62 Å². The van der Waals surface area contributed by atoms with E-state index < -0.39 is 44.2 Å². The second kappa shape index (κ2) is 7.01. The van der Waals surface area contributed by atoms with Gasteiger partial charge in [-0.3, -0.25) is 5.41 Å². The SMILES string of the molecule is CN1C(=N)N[C@](C)(c2cc(F)c(F)cc2F)[C@@H](c2ccc(C(C)(C)C)cc2)S1(=O)=O. The number of sulfonamides is 1. The predicted octanol–water partition coefficient (Wildman–Crippen LogP) is 4.16. The fourth-order valence-corrected chi connectivity index (χ4v) is 5.66. The third-order valence-electron chi connectivity index (χ3n) is 5.55. The van der Waals surface area contributed by atoms with Crippen LogP contribution in [0.1, 0.15) is 49.6 Å². The quantitative estimate of drug-likeness (QED) is 0.691. The summed E-state index contributed by atoms with van der Waals surface area (Å²) >= 11 is 0. The molecule has 5 nitrogen and oxygen atoms in total. The highest BCUT2D eigenvalue weighted by molar-refractivity contribution is 7.90. The maximum Gasteiger partial charge on any atom is 0.246 e. The number of halogens is 3. The Bertz CT molecular complexity index is 1110. The van der Waals surface area contributed by atoms with E-state index in [0.29, 0.717) is 17.7 Å². The molecule has 1 heterocycles. The Morgan fingerprint density at radius 1 is 1.03 bits per heavy atom. The molecule has 2 atom stereocenters. The van der Waals surface area contributed by atoms with Crippen molar-refractivity contribution in [3.8, 4) is 0 Å².